The summed E-state index contributed by atoms with van der Waals surface area (Å²) in [7, 11) is -2.25. The molecule has 3 amide bonds. The Morgan fingerprint density at radius 1 is 1.06 bits per heavy atom. The van der Waals surface area contributed by atoms with Crippen molar-refractivity contribution in [1.29, 1.82) is 0 Å². The molecular formula is C24H20N4O6S. The van der Waals surface area contributed by atoms with Gasteiger partial charge >= 0.3 is 0 Å². The third kappa shape index (κ3) is 4.03. The number of carbonyl (C=O) groups excluding carboxylic acids is 3. The Balaban J connectivity index is 1.48. The van der Waals surface area contributed by atoms with Gasteiger partial charge in [-0.15, -0.1) is 5.10 Å². The number of carbonyl (C=O) groups is 3. The number of imide groups is 3. The summed E-state index contributed by atoms with van der Waals surface area (Å²) in [4.78, 5) is 39.2. The van der Waals surface area contributed by atoms with Gasteiger partial charge in [-0.2, -0.15) is 5.10 Å². The summed E-state index contributed by atoms with van der Waals surface area (Å²) in [5, 5.41) is 7.23. The summed E-state index contributed by atoms with van der Waals surface area (Å²) < 4.78 is 32.7. The van der Waals surface area contributed by atoms with Gasteiger partial charge in [0.1, 0.15) is 5.75 Å². The number of anilines is 1. The number of rotatable bonds is 7. The molecule has 5 rings (SSSR count). The van der Waals surface area contributed by atoms with Crippen LogP contribution >= 0.6 is 0 Å². The van der Waals surface area contributed by atoms with Crippen LogP contribution < -0.4 is 9.04 Å². The van der Waals surface area contributed by atoms with Crippen LogP contribution in [-0.2, 0) is 16.6 Å². The predicted molar refractivity (Wildman–Crippen MR) is 124 cm³/mol. The Morgan fingerprint density at radius 3 is 2.26 bits per heavy atom. The molecule has 0 bridgehead atoms. The normalized spacial score (nSPS) is 15.2. The van der Waals surface area contributed by atoms with Crippen molar-refractivity contribution in [3.63, 3.8) is 0 Å². The van der Waals surface area contributed by atoms with Crippen LogP contribution in [0.15, 0.2) is 60.8 Å². The summed E-state index contributed by atoms with van der Waals surface area (Å²) in [5.41, 5.74) is 0.806. The average molecular weight is 493 g/mol. The molecule has 0 unspecified atom stereocenters. The summed E-state index contributed by atoms with van der Waals surface area (Å²) in [6, 6.07) is 14.3. The van der Waals surface area contributed by atoms with Crippen molar-refractivity contribution in [2.24, 2.45) is 0 Å². The standard InChI is InChI=1S/C24H20N4O6S/c1-34-17-8-6-15(7-9-17)14-27(35(32,33)18-10-11-18)21-12-16(13-25-26-21)22(29)28-23(30)19-4-2-3-5-20(19)24(28)31/h2-9,12-13,18H,10-11,14H2,1H3. The highest BCUT2D eigenvalue weighted by Gasteiger charge is 2.42. The molecule has 2 aliphatic rings. The SMILES string of the molecule is COc1ccc(CN(c2cc(C(=O)N3C(=O)c4ccccc4C3=O)cnn2)S(=O)(=O)C2CC2)cc1. The predicted octanol–water partition coefficient (Wildman–Crippen LogP) is 2.42. The smallest absolute Gasteiger partial charge is 0.269 e. The van der Waals surface area contributed by atoms with Crippen LogP contribution in [0.25, 0.3) is 0 Å². The van der Waals surface area contributed by atoms with E-state index in [0.717, 1.165) is 10.5 Å². The number of nitrogens with zero attached hydrogens (tertiary/aromatic N) is 4. The van der Waals surface area contributed by atoms with E-state index in [1.807, 2.05) is 0 Å². The molecule has 0 spiro atoms. The maximum atomic E-state index is 13.2. The van der Waals surface area contributed by atoms with Crippen LogP contribution in [0.4, 0.5) is 5.82 Å². The molecule has 2 heterocycles. The van der Waals surface area contributed by atoms with Crippen LogP contribution in [-0.4, -0.2) is 53.6 Å². The van der Waals surface area contributed by atoms with E-state index in [-0.39, 0.29) is 29.1 Å². The maximum absolute atomic E-state index is 13.2. The lowest BCUT2D eigenvalue weighted by atomic mass is 10.1. The number of sulfonamides is 1. The molecule has 1 fully saturated rings. The molecule has 0 atom stereocenters. The zero-order valence-corrected chi connectivity index (χ0v) is 19.4. The molecule has 2 aromatic carbocycles. The second-order valence-electron chi connectivity index (χ2n) is 8.20. The van der Waals surface area contributed by atoms with Gasteiger partial charge in [0.25, 0.3) is 17.7 Å². The molecule has 0 radical (unpaired) electrons. The first-order valence-electron chi connectivity index (χ1n) is 10.8. The van der Waals surface area contributed by atoms with E-state index < -0.39 is 33.0 Å². The fourth-order valence-corrected chi connectivity index (χ4v) is 5.61. The van der Waals surface area contributed by atoms with Crippen molar-refractivity contribution in [2.45, 2.75) is 24.6 Å². The van der Waals surface area contributed by atoms with Gasteiger partial charge < -0.3 is 4.74 Å². The van der Waals surface area contributed by atoms with E-state index in [4.69, 9.17) is 4.74 Å². The molecule has 1 aliphatic carbocycles. The fraction of sp³-hybridized carbons (Fsp3) is 0.208. The lowest BCUT2D eigenvalue weighted by Crippen LogP contribution is -2.37. The van der Waals surface area contributed by atoms with Crippen LogP contribution in [0.2, 0.25) is 0 Å². The van der Waals surface area contributed by atoms with Gasteiger partial charge in [0, 0.05) is 0 Å². The second kappa shape index (κ2) is 8.58. The Labute approximate surface area is 201 Å². The van der Waals surface area contributed by atoms with Crippen LogP contribution in [0, 0.1) is 0 Å². The first kappa shape index (κ1) is 22.7. The number of ether oxygens (including phenoxy) is 1. The van der Waals surface area contributed by atoms with E-state index in [0.29, 0.717) is 29.1 Å². The number of methoxy groups -OCH3 is 1. The number of hydrogen-bond donors (Lipinski definition) is 0. The number of fused-ring (bicyclic) bond motifs is 1. The van der Waals surface area contributed by atoms with Crippen LogP contribution in [0.5, 0.6) is 5.75 Å². The van der Waals surface area contributed by atoms with Gasteiger partial charge in [-0.1, -0.05) is 24.3 Å². The molecule has 0 N–H and O–H groups in total. The molecule has 1 aromatic heterocycles. The van der Waals surface area contributed by atoms with E-state index in [1.54, 1.807) is 36.4 Å². The Hall–Kier alpha value is -4.12. The topological polar surface area (TPSA) is 127 Å². The molecule has 0 saturated heterocycles. The molecule has 1 aliphatic heterocycles. The lowest BCUT2D eigenvalue weighted by molar-refractivity contribution is 0.0565. The van der Waals surface area contributed by atoms with Gasteiger partial charge in [0.05, 0.1) is 41.8 Å². The van der Waals surface area contributed by atoms with Crippen molar-refractivity contribution < 1.29 is 27.5 Å². The fourth-order valence-electron chi connectivity index (χ4n) is 3.84. The van der Waals surface area contributed by atoms with E-state index >= 15 is 0 Å². The van der Waals surface area contributed by atoms with Crippen molar-refractivity contribution in [3.05, 3.63) is 83.0 Å². The highest BCUT2D eigenvalue weighted by molar-refractivity contribution is 7.93. The third-order valence-electron chi connectivity index (χ3n) is 5.88. The van der Waals surface area contributed by atoms with E-state index in [2.05, 4.69) is 10.2 Å². The van der Waals surface area contributed by atoms with Crippen molar-refractivity contribution >= 4 is 33.6 Å². The number of hydrogen-bond acceptors (Lipinski definition) is 8. The minimum absolute atomic E-state index is 0.0395. The molecule has 10 nitrogen and oxygen atoms in total. The van der Waals surface area contributed by atoms with Crippen molar-refractivity contribution in [3.8, 4) is 5.75 Å². The largest absolute Gasteiger partial charge is 0.497 e. The van der Waals surface area contributed by atoms with E-state index in [9.17, 15) is 22.8 Å². The summed E-state index contributed by atoms with van der Waals surface area (Å²) in [5.74, 6) is -1.83. The number of aromatic nitrogens is 2. The van der Waals surface area contributed by atoms with Crippen molar-refractivity contribution in [1.82, 2.24) is 15.1 Å². The minimum Gasteiger partial charge on any atom is -0.497 e. The average Bonchev–Trinajstić information content (AvgIpc) is 3.71. The highest BCUT2D eigenvalue weighted by Crippen LogP contribution is 2.34. The summed E-state index contributed by atoms with van der Waals surface area (Å²) in [6.45, 7) is -0.0395. The van der Waals surface area contributed by atoms with Gasteiger partial charge in [0.15, 0.2) is 5.82 Å². The third-order valence-corrected chi connectivity index (χ3v) is 8.12. The monoisotopic (exact) mass is 492 g/mol. The Morgan fingerprint density at radius 2 is 1.69 bits per heavy atom. The minimum atomic E-state index is -3.78. The first-order chi connectivity index (χ1) is 16.8. The molecule has 178 valence electrons. The lowest BCUT2D eigenvalue weighted by Gasteiger charge is -2.23. The first-order valence-corrected chi connectivity index (χ1v) is 12.3. The molecule has 3 aromatic rings. The maximum Gasteiger partial charge on any atom is 0.269 e. The Kier molecular flexibility index (Phi) is 5.56. The molecule has 1 saturated carbocycles. The zero-order valence-electron chi connectivity index (χ0n) is 18.6. The number of benzene rings is 2. The summed E-state index contributed by atoms with van der Waals surface area (Å²) in [6.07, 6.45) is 2.16. The van der Waals surface area contributed by atoms with Gasteiger partial charge in [-0.25, -0.2) is 17.6 Å². The quantitative estimate of drug-likeness (QED) is 0.460. The van der Waals surface area contributed by atoms with Gasteiger partial charge in [-0.05, 0) is 48.7 Å². The van der Waals surface area contributed by atoms with Crippen LogP contribution in [0.1, 0.15) is 49.5 Å². The Bertz CT molecular complexity index is 1420. The molecule has 11 heteroatoms. The zero-order chi connectivity index (χ0) is 24.7. The molecule has 35 heavy (non-hydrogen) atoms. The molecular weight excluding hydrogens is 472 g/mol. The number of amides is 3. The highest BCUT2D eigenvalue weighted by atomic mass is 32.2. The van der Waals surface area contributed by atoms with Crippen LogP contribution in [0.3, 0.4) is 0 Å². The summed E-state index contributed by atoms with van der Waals surface area (Å²) >= 11 is 0. The second-order valence-corrected chi connectivity index (χ2v) is 10.3. The van der Waals surface area contributed by atoms with Crippen molar-refractivity contribution in [2.75, 3.05) is 11.4 Å². The van der Waals surface area contributed by atoms with Gasteiger partial charge in [-0.3, -0.25) is 14.4 Å². The van der Waals surface area contributed by atoms with E-state index in [1.165, 1.54) is 25.3 Å². The van der Waals surface area contributed by atoms with Gasteiger partial charge in [0.2, 0.25) is 10.0 Å².